The summed E-state index contributed by atoms with van der Waals surface area (Å²) in [5, 5.41) is 0.304. The predicted molar refractivity (Wildman–Crippen MR) is 44.3 cm³/mol. The zero-order chi connectivity index (χ0) is 9.14. The maximum Gasteiger partial charge on any atom is 0.374 e. The number of halogens is 1. The summed E-state index contributed by atoms with van der Waals surface area (Å²) in [6.45, 7) is 3.80. The Bertz CT molecular complexity index is 276. The van der Waals surface area contributed by atoms with Crippen molar-refractivity contribution in [2.24, 2.45) is 0 Å². The first kappa shape index (κ1) is 9.06. The van der Waals surface area contributed by atoms with Gasteiger partial charge in [-0.25, -0.2) is 9.78 Å². The van der Waals surface area contributed by atoms with Gasteiger partial charge in [-0.15, -0.1) is 0 Å². The van der Waals surface area contributed by atoms with Gasteiger partial charge in [0.05, 0.1) is 12.3 Å². The lowest BCUT2D eigenvalue weighted by molar-refractivity contribution is 0.0513. The zero-order valence-electron chi connectivity index (χ0n) is 6.85. The fourth-order valence-corrected chi connectivity index (χ4v) is 0.867. The molecule has 5 heteroatoms. The summed E-state index contributed by atoms with van der Waals surface area (Å²) in [4.78, 5) is 17.5. The molecule has 0 amide bonds. The molecule has 0 aliphatic heterocycles. The fraction of sp³-hybridized carbons (Fsp3) is 0.429. The number of hydrogen-bond acceptors (Lipinski definition) is 3. The van der Waals surface area contributed by atoms with Gasteiger partial charge in [-0.1, -0.05) is 11.6 Å². The van der Waals surface area contributed by atoms with Crippen LogP contribution in [0, 0.1) is 6.92 Å². The molecule has 0 aliphatic carbocycles. The van der Waals surface area contributed by atoms with Crippen LogP contribution in [0.1, 0.15) is 23.2 Å². The van der Waals surface area contributed by atoms with Crippen molar-refractivity contribution in [2.45, 2.75) is 13.8 Å². The van der Waals surface area contributed by atoms with Crippen molar-refractivity contribution >= 4 is 17.6 Å². The largest absolute Gasteiger partial charge is 0.460 e. The van der Waals surface area contributed by atoms with E-state index in [4.69, 9.17) is 16.3 Å². The molecule has 1 rings (SSSR count). The topological polar surface area (TPSA) is 55.0 Å². The molecule has 1 aromatic rings. The van der Waals surface area contributed by atoms with Gasteiger partial charge in [-0.2, -0.15) is 0 Å². The van der Waals surface area contributed by atoms with Crippen LogP contribution in [-0.2, 0) is 4.74 Å². The van der Waals surface area contributed by atoms with Crippen LogP contribution in [-0.4, -0.2) is 22.5 Å². The van der Waals surface area contributed by atoms with Gasteiger partial charge in [0, 0.05) is 0 Å². The number of ether oxygens (including phenoxy) is 1. The van der Waals surface area contributed by atoms with Crippen molar-refractivity contribution in [1.29, 1.82) is 0 Å². The van der Waals surface area contributed by atoms with Crippen LogP contribution < -0.4 is 0 Å². The molecule has 1 aromatic heterocycles. The van der Waals surface area contributed by atoms with E-state index >= 15 is 0 Å². The molecular weight excluding hydrogens is 180 g/mol. The minimum Gasteiger partial charge on any atom is -0.460 e. The highest BCUT2D eigenvalue weighted by Crippen LogP contribution is 2.11. The van der Waals surface area contributed by atoms with Crippen LogP contribution in [0.25, 0.3) is 0 Å². The summed E-state index contributed by atoms with van der Waals surface area (Å²) in [6, 6.07) is 0. The van der Waals surface area contributed by atoms with Gasteiger partial charge in [0.1, 0.15) is 0 Å². The average Bonchev–Trinajstić information content (AvgIpc) is 2.33. The second-order valence-electron chi connectivity index (χ2n) is 2.22. The third-order valence-corrected chi connectivity index (χ3v) is 1.66. The fourth-order valence-electron chi connectivity index (χ4n) is 0.735. The van der Waals surface area contributed by atoms with Crippen molar-refractivity contribution < 1.29 is 9.53 Å². The summed E-state index contributed by atoms with van der Waals surface area (Å²) < 4.78 is 4.70. The summed E-state index contributed by atoms with van der Waals surface area (Å²) in [7, 11) is 0. The highest BCUT2D eigenvalue weighted by Gasteiger charge is 2.12. The van der Waals surface area contributed by atoms with E-state index in [-0.39, 0.29) is 5.82 Å². The molecule has 0 unspecified atom stereocenters. The normalized spacial score (nSPS) is 9.92. The third-order valence-electron chi connectivity index (χ3n) is 1.29. The van der Waals surface area contributed by atoms with E-state index in [0.717, 1.165) is 0 Å². The summed E-state index contributed by atoms with van der Waals surface area (Å²) in [6.07, 6.45) is 0. The van der Waals surface area contributed by atoms with Crippen molar-refractivity contribution in [3.63, 3.8) is 0 Å². The van der Waals surface area contributed by atoms with E-state index in [1.165, 1.54) is 0 Å². The second kappa shape index (κ2) is 3.58. The summed E-state index contributed by atoms with van der Waals surface area (Å²) in [5.41, 5.74) is 0.666. The molecule has 0 fully saturated rings. The summed E-state index contributed by atoms with van der Waals surface area (Å²) >= 11 is 5.62. The Labute approximate surface area is 74.9 Å². The number of aromatic amines is 1. The van der Waals surface area contributed by atoms with Crippen LogP contribution in [0.2, 0.25) is 5.15 Å². The quantitative estimate of drug-likeness (QED) is 0.717. The van der Waals surface area contributed by atoms with E-state index in [2.05, 4.69) is 9.97 Å². The van der Waals surface area contributed by atoms with E-state index in [9.17, 15) is 4.79 Å². The highest BCUT2D eigenvalue weighted by atomic mass is 35.5. The molecule has 0 aromatic carbocycles. The zero-order valence-corrected chi connectivity index (χ0v) is 7.60. The van der Waals surface area contributed by atoms with Gasteiger partial charge in [0.2, 0.25) is 5.82 Å². The Morgan fingerprint density at radius 1 is 1.75 bits per heavy atom. The Hall–Kier alpha value is -1.03. The maximum atomic E-state index is 11.0. The molecule has 0 aliphatic rings. The molecule has 66 valence electrons. The Morgan fingerprint density at radius 3 is 2.83 bits per heavy atom. The van der Waals surface area contributed by atoms with Gasteiger partial charge in [-0.3, -0.25) is 0 Å². The number of nitrogens with zero attached hydrogens (tertiary/aromatic N) is 1. The molecule has 0 saturated carbocycles. The lowest BCUT2D eigenvalue weighted by Crippen LogP contribution is -2.06. The number of esters is 1. The lowest BCUT2D eigenvalue weighted by atomic mass is 10.6. The smallest absolute Gasteiger partial charge is 0.374 e. The van der Waals surface area contributed by atoms with Crippen molar-refractivity contribution in [1.82, 2.24) is 9.97 Å². The number of carbonyl (C=O) groups is 1. The predicted octanol–water partition coefficient (Wildman–Crippen LogP) is 1.55. The van der Waals surface area contributed by atoms with Crippen molar-refractivity contribution in [3.8, 4) is 0 Å². The Morgan fingerprint density at radius 2 is 2.42 bits per heavy atom. The third kappa shape index (κ3) is 1.76. The van der Waals surface area contributed by atoms with E-state index < -0.39 is 5.97 Å². The molecule has 0 atom stereocenters. The molecule has 0 bridgehead atoms. The minimum atomic E-state index is -0.479. The van der Waals surface area contributed by atoms with Crippen LogP contribution in [0.5, 0.6) is 0 Å². The maximum absolute atomic E-state index is 11.0. The van der Waals surface area contributed by atoms with E-state index in [1.54, 1.807) is 13.8 Å². The van der Waals surface area contributed by atoms with Gasteiger partial charge >= 0.3 is 5.97 Å². The first-order valence-electron chi connectivity index (χ1n) is 3.54. The molecular formula is C7H9ClN2O2. The molecule has 1 N–H and O–H groups in total. The van der Waals surface area contributed by atoms with Crippen LogP contribution in [0.15, 0.2) is 0 Å². The second-order valence-corrected chi connectivity index (χ2v) is 2.58. The molecule has 1 heterocycles. The van der Waals surface area contributed by atoms with Gasteiger partial charge < -0.3 is 9.72 Å². The van der Waals surface area contributed by atoms with Gasteiger partial charge in [-0.05, 0) is 13.8 Å². The lowest BCUT2D eigenvalue weighted by Gasteiger charge is -1.95. The minimum absolute atomic E-state index is 0.152. The van der Waals surface area contributed by atoms with Crippen LogP contribution >= 0.6 is 11.6 Å². The van der Waals surface area contributed by atoms with Gasteiger partial charge in [0.25, 0.3) is 0 Å². The van der Waals surface area contributed by atoms with Crippen molar-refractivity contribution in [3.05, 3.63) is 16.7 Å². The number of aromatic nitrogens is 2. The number of imidazole rings is 1. The first-order chi connectivity index (χ1) is 5.65. The first-order valence-corrected chi connectivity index (χ1v) is 3.92. The molecule has 0 radical (unpaired) electrons. The SMILES string of the molecule is CCOC(=O)c1nc(Cl)c(C)[nH]1. The van der Waals surface area contributed by atoms with E-state index in [1.807, 2.05) is 0 Å². The number of carbonyl (C=O) groups excluding carboxylic acids is 1. The van der Waals surface area contributed by atoms with Gasteiger partial charge in [0.15, 0.2) is 5.15 Å². The monoisotopic (exact) mass is 188 g/mol. The van der Waals surface area contributed by atoms with Crippen LogP contribution in [0.4, 0.5) is 0 Å². The van der Waals surface area contributed by atoms with Crippen molar-refractivity contribution in [2.75, 3.05) is 6.61 Å². The summed E-state index contributed by atoms with van der Waals surface area (Å²) in [5.74, 6) is -0.327. The van der Waals surface area contributed by atoms with E-state index in [0.29, 0.717) is 17.5 Å². The molecule has 0 spiro atoms. The molecule has 4 nitrogen and oxygen atoms in total. The Kier molecular flexibility index (Phi) is 2.70. The number of aryl methyl sites for hydroxylation is 1. The number of rotatable bonds is 2. The number of hydrogen-bond donors (Lipinski definition) is 1. The number of H-pyrrole nitrogens is 1. The average molecular weight is 189 g/mol. The number of nitrogens with one attached hydrogen (secondary N) is 1. The standard InChI is InChI=1S/C7H9ClN2O2/c1-3-12-7(11)6-9-4(2)5(8)10-6/h3H2,1-2H3,(H,9,10). The van der Waals surface area contributed by atoms with Crippen LogP contribution in [0.3, 0.4) is 0 Å². The molecule has 0 saturated heterocycles. The highest BCUT2D eigenvalue weighted by molar-refractivity contribution is 6.30. The molecule has 12 heavy (non-hydrogen) atoms. The Balaban J connectivity index is 2.82.